The maximum atomic E-state index is 8.83. The van der Waals surface area contributed by atoms with E-state index in [1.54, 1.807) is 0 Å². The number of imidazole rings is 1. The smallest absolute Gasteiger partial charge is 0.180 e. The largest absolute Gasteiger partial charge is 0.486 e. The van der Waals surface area contributed by atoms with Crippen LogP contribution in [0.1, 0.15) is 18.3 Å². The van der Waals surface area contributed by atoms with Gasteiger partial charge < -0.3 is 4.74 Å². The van der Waals surface area contributed by atoms with Crippen LogP contribution in [0.2, 0.25) is 0 Å². The van der Waals surface area contributed by atoms with Crippen LogP contribution >= 0.6 is 0 Å². The molecular weight excluding hydrogens is 226 g/mol. The fraction of sp³-hybridized carbons (Fsp3) is 0.286. The van der Waals surface area contributed by atoms with Crippen molar-refractivity contribution in [2.45, 2.75) is 20.3 Å². The van der Waals surface area contributed by atoms with Crippen LogP contribution in [0.25, 0.3) is 5.65 Å². The first-order chi connectivity index (χ1) is 8.77. The molecule has 0 atom stereocenters. The summed E-state index contributed by atoms with van der Waals surface area (Å²) in [7, 11) is 0. The van der Waals surface area contributed by atoms with E-state index >= 15 is 0 Å². The Hall–Kier alpha value is -2.28. The summed E-state index contributed by atoms with van der Waals surface area (Å²) in [6, 6.07) is 5.96. The summed E-state index contributed by atoms with van der Waals surface area (Å²) < 4.78 is 7.57. The van der Waals surface area contributed by atoms with Crippen molar-refractivity contribution in [3.8, 4) is 11.8 Å². The highest BCUT2D eigenvalue weighted by molar-refractivity contribution is 5.56. The van der Waals surface area contributed by atoms with Crippen molar-refractivity contribution in [1.29, 1.82) is 5.26 Å². The highest BCUT2D eigenvalue weighted by Gasteiger charge is 2.11. The highest BCUT2D eigenvalue weighted by atomic mass is 16.5. The molecule has 0 N–H and O–H groups in total. The maximum absolute atomic E-state index is 8.83. The van der Waals surface area contributed by atoms with Crippen LogP contribution < -0.4 is 4.74 Å². The Morgan fingerprint density at radius 3 is 3.11 bits per heavy atom. The Morgan fingerprint density at radius 2 is 2.39 bits per heavy atom. The molecule has 4 nitrogen and oxygen atoms in total. The number of rotatable bonds is 4. The average Bonchev–Trinajstić information content (AvgIpc) is 2.68. The molecule has 0 aliphatic rings. The standard InChI is InChI=1S/C14H15N3O/c1-3-4-10-18-13-6-5-9-17-12(7-8-15)11(2)16-14(13)17/h3-6,9H,7,10H2,1-2H3. The van der Waals surface area contributed by atoms with E-state index in [4.69, 9.17) is 10.00 Å². The number of fused-ring (bicyclic) bond motifs is 1. The van der Waals surface area contributed by atoms with Crippen LogP contribution in [0.15, 0.2) is 30.5 Å². The van der Waals surface area contributed by atoms with Gasteiger partial charge in [0.05, 0.1) is 23.9 Å². The third-order valence-electron chi connectivity index (χ3n) is 2.73. The van der Waals surface area contributed by atoms with Gasteiger partial charge in [0.15, 0.2) is 11.4 Å². The van der Waals surface area contributed by atoms with Crippen molar-refractivity contribution < 1.29 is 4.74 Å². The number of hydrogen-bond donors (Lipinski definition) is 0. The van der Waals surface area contributed by atoms with Gasteiger partial charge in [-0.3, -0.25) is 4.40 Å². The van der Waals surface area contributed by atoms with Gasteiger partial charge >= 0.3 is 0 Å². The molecule has 4 heteroatoms. The second-order valence-electron chi connectivity index (χ2n) is 3.92. The van der Waals surface area contributed by atoms with E-state index in [-0.39, 0.29) is 0 Å². The fourth-order valence-corrected chi connectivity index (χ4v) is 1.84. The summed E-state index contributed by atoms with van der Waals surface area (Å²) in [5.41, 5.74) is 2.56. The number of aromatic nitrogens is 2. The lowest BCUT2D eigenvalue weighted by Gasteiger charge is -2.05. The van der Waals surface area contributed by atoms with Crippen LogP contribution in [-0.4, -0.2) is 16.0 Å². The normalized spacial score (nSPS) is 10.9. The van der Waals surface area contributed by atoms with Crippen LogP contribution in [0.4, 0.5) is 0 Å². The summed E-state index contributed by atoms with van der Waals surface area (Å²) in [6.45, 7) is 4.39. The highest BCUT2D eigenvalue weighted by Crippen LogP contribution is 2.22. The first-order valence-electron chi connectivity index (χ1n) is 5.85. The van der Waals surface area contributed by atoms with E-state index in [1.165, 1.54) is 0 Å². The number of aryl methyl sites for hydroxylation is 1. The molecule has 2 rings (SSSR count). The number of allylic oxidation sites excluding steroid dienone is 1. The Kier molecular flexibility index (Phi) is 3.63. The Morgan fingerprint density at radius 1 is 1.56 bits per heavy atom. The SMILES string of the molecule is CC=CCOc1cccn2c(CC#N)c(C)nc12. The van der Waals surface area contributed by atoms with Crippen molar-refractivity contribution in [3.63, 3.8) is 0 Å². The van der Waals surface area contributed by atoms with Crippen LogP contribution in [0, 0.1) is 18.3 Å². The van der Waals surface area contributed by atoms with Crippen molar-refractivity contribution >= 4 is 5.65 Å². The number of nitriles is 1. The van der Waals surface area contributed by atoms with E-state index in [1.807, 2.05) is 48.7 Å². The minimum Gasteiger partial charge on any atom is -0.486 e. The lowest BCUT2D eigenvalue weighted by atomic mass is 10.3. The molecule has 0 saturated carbocycles. The number of nitrogens with zero attached hydrogens (tertiary/aromatic N) is 3. The van der Waals surface area contributed by atoms with Gasteiger partial charge in [-0.15, -0.1) is 0 Å². The van der Waals surface area contributed by atoms with Gasteiger partial charge in [0.25, 0.3) is 0 Å². The molecule has 0 saturated heterocycles. The zero-order chi connectivity index (χ0) is 13.0. The number of pyridine rings is 1. The van der Waals surface area contributed by atoms with Crippen LogP contribution in [-0.2, 0) is 6.42 Å². The van der Waals surface area contributed by atoms with Crippen molar-refractivity contribution in [3.05, 3.63) is 41.9 Å². The van der Waals surface area contributed by atoms with Crippen molar-refractivity contribution in [2.75, 3.05) is 6.61 Å². The Bertz CT molecular complexity index is 620. The van der Waals surface area contributed by atoms with Gasteiger partial charge in [-0.25, -0.2) is 4.98 Å². The minimum atomic E-state index is 0.352. The molecule has 0 aromatic carbocycles. The molecule has 0 aliphatic carbocycles. The lowest BCUT2D eigenvalue weighted by Crippen LogP contribution is -1.98. The second kappa shape index (κ2) is 5.37. The van der Waals surface area contributed by atoms with Crippen molar-refractivity contribution in [1.82, 2.24) is 9.38 Å². The molecule has 92 valence electrons. The molecular formula is C14H15N3O. The summed E-state index contributed by atoms with van der Waals surface area (Å²) in [5.74, 6) is 0.739. The topological polar surface area (TPSA) is 50.3 Å². The van der Waals surface area contributed by atoms with Crippen LogP contribution in [0.3, 0.4) is 0 Å². The molecule has 0 spiro atoms. The van der Waals surface area contributed by atoms with Gasteiger partial charge in [0.1, 0.15) is 6.61 Å². The van der Waals surface area contributed by atoms with E-state index < -0.39 is 0 Å². The van der Waals surface area contributed by atoms with E-state index in [9.17, 15) is 0 Å². The quantitative estimate of drug-likeness (QED) is 0.773. The van der Waals surface area contributed by atoms with Gasteiger partial charge in [0.2, 0.25) is 0 Å². The average molecular weight is 241 g/mol. The maximum Gasteiger partial charge on any atom is 0.180 e. The summed E-state index contributed by atoms with van der Waals surface area (Å²) >= 11 is 0. The minimum absolute atomic E-state index is 0.352. The summed E-state index contributed by atoms with van der Waals surface area (Å²) in [5, 5.41) is 8.83. The molecule has 18 heavy (non-hydrogen) atoms. The van der Waals surface area contributed by atoms with Crippen molar-refractivity contribution in [2.24, 2.45) is 0 Å². The zero-order valence-corrected chi connectivity index (χ0v) is 10.6. The molecule has 2 aromatic rings. The molecule has 0 radical (unpaired) electrons. The second-order valence-corrected chi connectivity index (χ2v) is 3.92. The molecule has 0 amide bonds. The molecule has 0 unspecified atom stereocenters. The molecule has 0 aliphatic heterocycles. The van der Waals surface area contributed by atoms with Gasteiger partial charge in [-0.1, -0.05) is 12.2 Å². The van der Waals surface area contributed by atoms with E-state index in [2.05, 4.69) is 11.1 Å². The Balaban J connectivity index is 2.44. The number of hydrogen-bond acceptors (Lipinski definition) is 3. The van der Waals surface area contributed by atoms with Gasteiger partial charge in [-0.2, -0.15) is 5.26 Å². The fourth-order valence-electron chi connectivity index (χ4n) is 1.84. The first-order valence-corrected chi connectivity index (χ1v) is 5.85. The summed E-state index contributed by atoms with van der Waals surface area (Å²) in [4.78, 5) is 4.47. The predicted molar refractivity (Wildman–Crippen MR) is 69.6 cm³/mol. The van der Waals surface area contributed by atoms with E-state index in [0.29, 0.717) is 13.0 Å². The molecule has 0 bridgehead atoms. The predicted octanol–water partition coefficient (Wildman–Crippen LogP) is 2.66. The summed E-state index contributed by atoms with van der Waals surface area (Å²) in [6.07, 6.45) is 6.14. The zero-order valence-electron chi connectivity index (χ0n) is 10.6. The number of ether oxygens (including phenoxy) is 1. The van der Waals surface area contributed by atoms with Crippen LogP contribution in [0.5, 0.6) is 5.75 Å². The molecule has 2 aromatic heterocycles. The van der Waals surface area contributed by atoms with E-state index in [0.717, 1.165) is 22.8 Å². The van der Waals surface area contributed by atoms with Gasteiger partial charge in [0, 0.05) is 6.20 Å². The Labute approximate surface area is 106 Å². The third kappa shape index (κ3) is 2.21. The lowest BCUT2D eigenvalue weighted by molar-refractivity contribution is 0.364. The third-order valence-corrected chi connectivity index (χ3v) is 2.73. The monoisotopic (exact) mass is 241 g/mol. The molecule has 0 fully saturated rings. The van der Waals surface area contributed by atoms with Gasteiger partial charge in [-0.05, 0) is 26.0 Å². The molecule has 2 heterocycles. The first kappa shape index (κ1) is 12.2.